The van der Waals surface area contributed by atoms with Gasteiger partial charge in [0.2, 0.25) is 0 Å². The van der Waals surface area contributed by atoms with E-state index in [1.165, 1.54) is 13.2 Å². The van der Waals surface area contributed by atoms with Gasteiger partial charge in [-0.15, -0.1) is 0 Å². The topological polar surface area (TPSA) is 47.3 Å². The van der Waals surface area contributed by atoms with Crippen molar-refractivity contribution in [3.05, 3.63) is 29.6 Å². The van der Waals surface area contributed by atoms with Crippen LogP contribution in [0.4, 0.5) is 4.39 Å². The van der Waals surface area contributed by atoms with Crippen LogP contribution in [-0.2, 0) is 0 Å². The summed E-state index contributed by atoms with van der Waals surface area (Å²) < 4.78 is 18.9. The zero-order valence-corrected chi connectivity index (χ0v) is 10.9. The third-order valence-corrected chi connectivity index (χ3v) is 3.38. The molecule has 1 atom stereocenters. The summed E-state index contributed by atoms with van der Waals surface area (Å²) in [5, 5.41) is 0. The van der Waals surface area contributed by atoms with Crippen LogP contribution in [0.15, 0.2) is 18.2 Å². The molecule has 4 heteroatoms. The summed E-state index contributed by atoms with van der Waals surface area (Å²) >= 11 is 0. The maximum Gasteiger partial charge on any atom is 0.131 e. The van der Waals surface area contributed by atoms with E-state index >= 15 is 0 Å². The fourth-order valence-corrected chi connectivity index (χ4v) is 1.81. The highest BCUT2D eigenvalue weighted by Crippen LogP contribution is 2.37. The first-order valence-electron chi connectivity index (χ1n) is 5.75. The van der Waals surface area contributed by atoms with E-state index in [4.69, 9.17) is 10.6 Å². The molecule has 0 saturated carbocycles. The molecule has 3 N–H and O–H groups in total. The van der Waals surface area contributed by atoms with Crippen molar-refractivity contribution in [3.8, 4) is 5.75 Å². The molecule has 1 rings (SSSR count). The van der Waals surface area contributed by atoms with Gasteiger partial charge in [-0.2, -0.15) is 0 Å². The molecule has 0 radical (unpaired) electrons. The standard InChI is InChI=1S/C13H21FN2O/c1-5-13(2,3)12(16-15)10-7-6-9(17-4)8-11(10)14/h6-8,12,16H,5,15H2,1-4H3. The molecule has 0 aliphatic heterocycles. The Morgan fingerprint density at radius 1 is 1.47 bits per heavy atom. The van der Waals surface area contributed by atoms with Gasteiger partial charge < -0.3 is 4.74 Å². The van der Waals surface area contributed by atoms with Crippen LogP contribution >= 0.6 is 0 Å². The van der Waals surface area contributed by atoms with Crippen LogP contribution in [0.3, 0.4) is 0 Å². The number of nitrogens with one attached hydrogen (secondary N) is 1. The summed E-state index contributed by atoms with van der Waals surface area (Å²) in [6.07, 6.45) is 0.896. The fourth-order valence-electron chi connectivity index (χ4n) is 1.81. The monoisotopic (exact) mass is 240 g/mol. The second-order valence-electron chi connectivity index (χ2n) is 4.83. The lowest BCUT2D eigenvalue weighted by Crippen LogP contribution is -2.38. The zero-order chi connectivity index (χ0) is 13.1. The van der Waals surface area contributed by atoms with Gasteiger partial charge >= 0.3 is 0 Å². The van der Waals surface area contributed by atoms with E-state index in [0.717, 1.165) is 6.42 Å². The van der Waals surface area contributed by atoms with Crippen molar-refractivity contribution < 1.29 is 9.13 Å². The number of halogens is 1. The summed E-state index contributed by atoms with van der Waals surface area (Å²) in [4.78, 5) is 0. The minimum absolute atomic E-state index is 0.121. The zero-order valence-electron chi connectivity index (χ0n) is 10.9. The summed E-state index contributed by atoms with van der Waals surface area (Å²) in [6.45, 7) is 6.17. The van der Waals surface area contributed by atoms with Crippen LogP contribution < -0.4 is 16.0 Å². The summed E-state index contributed by atoms with van der Waals surface area (Å²) in [7, 11) is 1.52. The molecule has 0 saturated heterocycles. The Bertz CT molecular complexity index is 380. The number of rotatable bonds is 5. The molecule has 1 unspecified atom stereocenters. The van der Waals surface area contributed by atoms with E-state index in [1.807, 2.05) is 0 Å². The summed E-state index contributed by atoms with van der Waals surface area (Å²) in [5.41, 5.74) is 3.16. The van der Waals surface area contributed by atoms with Crippen molar-refractivity contribution >= 4 is 0 Å². The quantitative estimate of drug-likeness (QED) is 0.614. The molecule has 96 valence electrons. The Kier molecular flexibility index (Phi) is 4.48. The van der Waals surface area contributed by atoms with Gasteiger partial charge in [0.05, 0.1) is 13.2 Å². The molecule has 0 amide bonds. The van der Waals surface area contributed by atoms with E-state index < -0.39 is 0 Å². The van der Waals surface area contributed by atoms with Crippen LogP contribution in [0.2, 0.25) is 0 Å². The number of hydrogen-bond donors (Lipinski definition) is 2. The molecule has 0 spiro atoms. The van der Waals surface area contributed by atoms with Crippen LogP contribution in [0.1, 0.15) is 38.8 Å². The summed E-state index contributed by atoms with van der Waals surface area (Å²) in [5.74, 6) is 5.77. The number of nitrogens with two attached hydrogens (primary N) is 1. The van der Waals surface area contributed by atoms with Gasteiger partial charge in [-0.1, -0.05) is 26.8 Å². The maximum atomic E-state index is 14.0. The second kappa shape index (κ2) is 5.47. The first-order valence-corrected chi connectivity index (χ1v) is 5.75. The molecule has 0 heterocycles. The van der Waals surface area contributed by atoms with Crippen molar-refractivity contribution in [3.63, 3.8) is 0 Å². The first-order chi connectivity index (χ1) is 7.96. The van der Waals surface area contributed by atoms with Gasteiger partial charge in [-0.3, -0.25) is 11.3 Å². The number of ether oxygens (including phenoxy) is 1. The van der Waals surface area contributed by atoms with E-state index in [1.54, 1.807) is 12.1 Å². The molecule has 3 nitrogen and oxygen atoms in total. The lowest BCUT2D eigenvalue weighted by Gasteiger charge is -2.33. The van der Waals surface area contributed by atoms with Crippen molar-refractivity contribution in [2.75, 3.05) is 7.11 Å². The number of benzene rings is 1. The van der Waals surface area contributed by atoms with Gasteiger partial charge in [0, 0.05) is 11.6 Å². The third kappa shape index (κ3) is 2.96. The van der Waals surface area contributed by atoms with Crippen LogP contribution in [-0.4, -0.2) is 7.11 Å². The smallest absolute Gasteiger partial charge is 0.131 e. The van der Waals surface area contributed by atoms with Gasteiger partial charge in [-0.05, 0) is 17.9 Å². The van der Waals surface area contributed by atoms with Crippen molar-refractivity contribution in [1.82, 2.24) is 5.43 Å². The van der Waals surface area contributed by atoms with E-state index in [0.29, 0.717) is 11.3 Å². The van der Waals surface area contributed by atoms with Crippen molar-refractivity contribution in [1.29, 1.82) is 0 Å². The molecule has 17 heavy (non-hydrogen) atoms. The van der Waals surface area contributed by atoms with Gasteiger partial charge in [0.1, 0.15) is 11.6 Å². The molecular weight excluding hydrogens is 219 g/mol. The molecular formula is C13H21FN2O. The van der Waals surface area contributed by atoms with Crippen molar-refractivity contribution in [2.45, 2.75) is 33.2 Å². The third-order valence-electron chi connectivity index (χ3n) is 3.38. The molecule has 0 aliphatic carbocycles. The lowest BCUT2D eigenvalue weighted by molar-refractivity contribution is 0.231. The highest BCUT2D eigenvalue weighted by Gasteiger charge is 2.30. The first kappa shape index (κ1) is 13.9. The predicted molar refractivity (Wildman–Crippen MR) is 67.1 cm³/mol. The van der Waals surface area contributed by atoms with Gasteiger partial charge in [0.15, 0.2) is 0 Å². The molecule has 1 aromatic carbocycles. The molecule has 0 bridgehead atoms. The highest BCUT2D eigenvalue weighted by molar-refractivity contribution is 5.31. The Balaban J connectivity index is 3.13. The average molecular weight is 240 g/mol. The van der Waals surface area contributed by atoms with E-state index in [-0.39, 0.29) is 17.3 Å². The largest absolute Gasteiger partial charge is 0.497 e. The minimum atomic E-state index is -0.297. The minimum Gasteiger partial charge on any atom is -0.497 e. The normalized spacial score (nSPS) is 13.5. The number of methoxy groups -OCH3 is 1. The number of hydrogen-bond acceptors (Lipinski definition) is 3. The van der Waals surface area contributed by atoms with Gasteiger partial charge in [0.25, 0.3) is 0 Å². The van der Waals surface area contributed by atoms with Crippen molar-refractivity contribution in [2.24, 2.45) is 11.3 Å². The van der Waals surface area contributed by atoms with Crippen LogP contribution in [0.25, 0.3) is 0 Å². The highest BCUT2D eigenvalue weighted by atomic mass is 19.1. The van der Waals surface area contributed by atoms with E-state index in [9.17, 15) is 4.39 Å². The predicted octanol–water partition coefficient (Wildman–Crippen LogP) is 2.77. The van der Waals surface area contributed by atoms with Crippen LogP contribution in [0.5, 0.6) is 5.75 Å². The van der Waals surface area contributed by atoms with Gasteiger partial charge in [-0.25, -0.2) is 4.39 Å². The molecule has 0 fully saturated rings. The number of hydrazine groups is 1. The Morgan fingerprint density at radius 2 is 2.12 bits per heavy atom. The second-order valence-corrected chi connectivity index (χ2v) is 4.83. The maximum absolute atomic E-state index is 14.0. The Morgan fingerprint density at radius 3 is 2.53 bits per heavy atom. The van der Waals surface area contributed by atoms with E-state index in [2.05, 4.69) is 26.2 Å². The SMILES string of the molecule is CCC(C)(C)C(NN)c1ccc(OC)cc1F. The fraction of sp³-hybridized carbons (Fsp3) is 0.538. The lowest BCUT2D eigenvalue weighted by atomic mass is 9.78. The molecule has 0 aliphatic rings. The van der Waals surface area contributed by atoms with Crippen LogP contribution in [0, 0.1) is 11.2 Å². The average Bonchev–Trinajstić information content (AvgIpc) is 2.31. The Labute approximate surface area is 102 Å². The molecule has 1 aromatic rings. The Hall–Kier alpha value is -1.13. The summed E-state index contributed by atoms with van der Waals surface area (Å²) in [6, 6.07) is 4.62. The molecule has 0 aromatic heterocycles.